The van der Waals surface area contributed by atoms with Crippen molar-refractivity contribution in [3.05, 3.63) is 72.6 Å². The third kappa shape index (κ3) is 3.35. The number of morpholine rings is 1. The van der Waals surface area contributed by atoms with E-state index in [4.69, 9.17) is 4.74 Å². The molecule has 5 aromatic heterocycles. The Kier molecular flexibility index (Phi) is 4.66. The Bertz CT molecular complexity index is 1500. The molecule has 1 N–H and O–H groups in total. The van der Waals surface area contributed by atoms with Crippen LogP contribution >= 0.6 is 0 Å². The van der Waals surface area contributed by atoms with E-state index in [1.807, 2.05) is 47.9 Å². The van der Waals surface area contributed by atoms with Crippen molar-refractivity contribution in [2.24, 2.45) is 0 Å². The molecule has 1 aliphatic heterocycles. The molecule has 8 heteroatoms. The normalized spacial score (nSPS) is 14.3. The number of ether oxygens (including phenoxy) is 1. The highest BCUT2D eigenvalue weighted by atomic mass is 16.5. The fourth-order valence-corrected chi connectivity index (χ4v) is 4.41. The van der Waals surface area contributed by atoms with Gasteiger partial charge < -0.3 is 14.6 Å². The first-order valence-corrected chi connectivity index (χ1v) is 10.9. The zero-order valence-corrected chi connectivity index (χ0v) is 18.2. The van der Waals surface area contributed by atoms with Gasteiger partial charge in [0.15, 0.2) is 0 Å². The lowest BCUT2D eigenvalue weighted by Crippen LogP contribution is -2.40. The summed E-state index contributed by atoms with van der Waals surface area (Å²) < 4.78 is 7.13. The number of hydrogen-bond acceptors (Lipinski definition) is 5. The standard InChI is InChI=1S/C25H22N6O2/c1-16-2-4-26-13-20(16)18-10-19-21(14-28-24(19)27-12-18)17-3-5-31-23(11-17)22(15-29-31)25(32)30-6-8-33-9-7-30/h2-5,10-15H,6-9H2,1H3,(H,27,28). The molecule has 1 aliphatic rings. The zero-order valence-electron chi connectivity index (χ0n) is 18.2. The molecular weight excluding hydrogens is 416 g/mol. The SMILES string of the molecule is Cc1ccncc1-c1cnc2[nH]cc(-c3ccn4ncc(C(=O)N5CCOCC5)c4c3)c2c1. The molecule has 0 bridgehead atoms. The molecule has 164 valence electrons. The molecular formula is C25H22N6O2. The predicted molar refractivity (Wildman–Crippen MR) is 125 cm³/mol. The first-order chi connectivity index (χ1) is 16.2. The Hall–Kier alpha value is -4.04. The minimum Gasteiger partial charge on any atom is -0.378 e. The number of pyridine rings is 3. The van der Waals surface area contributed by atoms with E-state index in [1.165, 1.54) is 0 Å². The predicted octanol–water partition coefficient (Wildman–Crippen LogP) is 3.72. The van der Waals surface area contributed by atoms with Gasteiger partial charge in [0.25, 0.3) is 5.91 Å². The molecule has 1 saturated heterocycles. The minimum atomic E-state index is -0.0135. The Morgan fingerprint density at radius 1 is 1.06 bits per heavy atom. The molecule has 6 rings (SSSR count). The van der Waals surface area contributed by atoms with E-state index in [1.54, 1.807) is 16.9 Å². The Balaban J connectivity index is 1.44. The van der Waals surface area contributed by atoms with Gasteiger partial charge >= 0.3 is 0 Å². The quantitative estimate of drug-likeness (QED) is 0.464. The van der Waals surface area contributed by atoms with Crippen LogP contribution in [-0.4, -0.2) is 61.7 Å². The first kappa shape index (κ1) is 19.6. The van der Waals surface area contributed by atoms with Crippen molar-refractivity contribution in [3.63, 3.8) is 0 Å². The summed E-state index contributed by atoms with van der Waals surface area (Å²) in [4.78, 5) is 27.1. The molecule has 0 spiro atoms. The molecule has 0 radical (unpaired) electrons. The number of rotatable bonds is 3. The van der Waals surface area contributed by atoms with Crippen LogP contribution in [0.1, 0.15) is 15.9 Å². The third-order valence-electron chi connectivity index (χ3n) is 6.24. The van der Waals surface area contributed by atoms with Gasteiger partial charge in [0.2, 0.25) is 0 Å². The van der Waals surface area contributed by atoms with E-state index in [0.29, 0.717) is 31.9 Å². The minimum absolute atomic E-state index is 0.0135. The van der Waals surface area contributed by atoms with Crippen molar-refractivity contribution < 1.29 is 9.53 Å². The molecule has 0 unspecified atom stereocenters. The summed E-state index contributed by atoms with van der Waals surface area (Å²) in [7, 11) is 0. The lowest BCUT2D eigenvalue weighted by atomic mass is 10.0. The van der Waals surface area contributed by atoms with Crippen molar-refractivity contribution in [2.45, 2.75) is 6.92 Å². The number of nitrogens with zero attached hydrogens (tertiary/aromatic N) is 5. The van der Waals surface area contributed by atoms with Gasteiger partial charge in [0, 0.05) is 66.2 Å². The van der Waals surface area contributed by atoms with Crippen LogP contribution in [0, 0.1) is 6.92 Å². The molecule has 33 heavy (non-hydrogen) atoms. The molecule has 6 heterocycles. The van der Waals surface area contributed by atoms with Gasteiger partial charge in [-0.1, -0.05) is 0 Å². The summed E-state index contributed by atoms with van der Waals surface area (Å²) in [6.07, 6.45) is 11.0. The van der Waals surface area contributed by atoms with Crippen LogP contribution in [0.3, 0.4) is 0 Å². The third-order valence-corrected chi connectivity index (χ3v) is 6.24. The van der Waals surface area contributed by atoms with Gasteiger partial charge in [-0.15, -0.1) is 0 Å². The van der Waals surface area contributed by atoms with E-state index in [2.05, 4.69) is 33.0 Å². The largest absolute Gasteiger partial charge is 0.378 e. The van der Waals surface area contributed by atoms with Crippen LogP contribution in [0.15, 0.2) is 61.4 Å². The van der Waals surface area contributed by atoms with Crippen molar-refractivity contribution in [1.82, 2.24) is 29.5 Å². The maximum absolute atomic E-state index is 13.1. The summed E-state index contributed by atoms with van der Waals surface area (Å²) in [5.41, 5.74) is 7.44. The number of aromatic nitrogens is 5. The molecule has 5 aromatic rings. The van der Waals surface area contributed by atoms with Crippen LogP contribution in [0.2, 0.25) is 0 Å². The molecule has 1 amide bonds. The lowest BCUT2D eigenvalue weighted by molar-refractivity contribution is 0.0304. The van der Waals surface area contributed by atoms with Gasteiger partial charge in [-0.2, -0.15) is 5.10 Å². The smallest absolute Gasteiger partial charge is 0.257 e. The maximum Gasteiger partial charge on any atom is 0.257 e. The maximum atomic E-state index is 13.1. The molecule has 0 aromatic carbocycles. The number of aryl methyl sites for hydroxylation is 1. The summed E-state index contributed by atoms with van der Waals surface area (Å²) in [6.45, 7) is 4.40. The van der Waals surface area contributed by atoms with E-state index in [-0.39, 0.29) is 5.91 Å². The van der Waals surface area contributed by atoms with Crippen LogP contribution in [0.25, 0.3) is 38.8 Å². The Labute approximate surface area is 189 Å². The summed E-state index contributed by atoms with van der Waals surface area (Å²) in [6, 6.07) is 8.16. The fourth-order valence-electron chi connectivity index (χ4n) is 4.41. The highest BCUT2D eigenvalue weighted by molar-refractivity contribution is 6.02. The molecule has 0 saturated carbocycles. The van der Waals surface area contributed by atoms with Crippen molar-refractivity contribution in [2.75, 3.05) is 26.3 Å². The number of aromatic amines is 1. The van der Waals surface area contributed by atoms with Crippen LogP contribution in [0.4, 0.5) is 0 Å². The number of nitrogens with one attached hydrogen (secondary N) is 1. The number of hydrogen-bond donors (Lipinski definition) is 1. The topological polar surface area (TPSA) is 88.4 Å². The van der Waals surface area contributed by atoms with Crippen LogP contribution in [-0.2, 0) is 4.74 Å². The van der Waals surface area contributed by atoms with Gasteiger partial charge in [0.1, 0.15) is 5.65 Å². The Morgan fingerprint density at radius 2 is 1.94 bits per heavy atom. The van der Waals surface area contributed by atoms with E-state index in [0.717, 1.165) is 44.4 Å². The molecule has 8 nitrogen and oxygen atoms in total. The number of H-pyrrole nitrogens is 1. The summed E-state index contributed by atoms with van der Waals surface area (Å²) in [5.74, 6) is -0.0135. The number of carbonyl (C=O) groups excluding carboxylic acids is 1. The Morgan fingerprint density at radius 3 is 2.79 bits per heavy atom. The van der Waals surface area contributed by atoms with Crippen molar-refractivity contribution >= 4 is 22.5 Å². The number of carbonyl (C=O) groups is 1. The van der Waals surface area contributed by atoms with Gasteiger partial charge in [-0.05, 0) is 42.3 Å². The van der Waals surface area contributed by atoms with Crippen LogP contribution in [0.5, 0.6) is 0 Å². The summed E-state index contributed by atoms with van der Waals surface area (Å²) >= 11 is 0. The first-order valence-electron chi connectivity index (χ1n) is 10.9. The second kappa shape index (κ2) is 7.83. The number of fused-ring (bicyclic) bond motifs is 2. The van der Waals surface area contributed by atoms with Gasteiger partial charge in [-0.3, -0.25) is 9.78 Å². The lowest BCUT2D eigenvalue weighted by Gasteiger charge is -2.26. The van der Waals surface area contributed by atoms with E-state index >= 15 is 0 Å². The highest BCUT2D eigenvalue weighted by Crippen LogP contribution is 2.32. The van der Waals surface area contributed by atoms with Crippen molar-refractivity contribution in [1.29, 1.82) is 0 Å². The molecule has 0 atom stereocenters. The fraction of sp³-hybridized carbons (Fsp3) is 0.200. The van der Waals surface area contributed by atoms with E-state index < -0.39 is 0 Å². The number of amides is 1. The van der Waals surface area contributed by atoms with Gasteiger partial charge in [-0.25, -0.2) is 9.50 Å². The van der Waals surface area contributed by atoms with E-state index in [9.17, 15) is 4.79 Å². The zero-order chi connectivity index (χ0) is 22.4. The second-order valence-corrected chi connectivity index (χ2v) is 8.22. The average molecular weight is 438 g/mol. The van der Waals surface area contributed by atoms with Gasteiger partial charge in [0.05, 0.1) is 30.5 Å². The monoisotopic (exact) mass is 438 g/mol. The van der Waals surface area contributed by atoms with Crippen LogP contribution < -0.4 is 0 Å². The summed E-state index contributed by atoms with van der Waals surface area (Å²) in [5, 5.41) is 5.41. The highest BCUT2D eigenvalue weighted by Gasteiger charge is 2.22. The second-order valence-electron chi connectivity index (χ2n) is 8.22. The molecule has 0 aliphatic carbocycles. The van der Waals surface area contributed by atoms with Crippen molar-refractivity contribution in [3.8, 4) is 22.3 Å². The molecule has 1 fully saturated rings. The average Bonchev–Trinajstić information content (AvgIpc) is 3.48.